The van der Waals surface area contributed by atoms with E-state index in [1.807, 2.05) is 0 Å². The molecular weight excluding hydrogens is 282 g/mol. The largest absolute Gasteiger partial charge is 0.550 e. The SMILES string of the molecule is O=C([O-])C[C@@H](C(=O)Nc1ccc(Cl)cc1)[C@H]1CCCO1. The Hall–Kier alpha value is -1.59. The second kappa shape index (κ2) is 6.72. The zero-order valence-corrected chi connectivity index (χ0v) is 11.6. The summed E-state index contributed by atoms with van der Waals surface area (Å²) in [6, 6.07) is 6.62. The number of halogens is 1. The van der Waals surface area contributed by atoms with Crippen molar-refractivity contribution in [3.63, 3.8) is 0 Å². The Morgan fingerprint density at radius 3 is 2.65 bits per heavy atom. The molecule has 0 aliphatic carbocycles. The number of nitrogens with one attached hydrogen (secondary N) is 1. The Morgan fingerprint density at radius 2 is 2.10 bits per heavy atom. The van der Waals surface area contributed by atoms with Gasteiger partial charge in [0.15, 0.2) is 0 Å². The smallest absolute Gasteiger partial charge is 0.230 e. The first-order valence-corrected chi connectivity index (χ1v) is 6.82. The molecule has 1 aromatic carbocycles. The fraction of sp³-hybridized carbons (Fsp3) is 0.429. The van der Waals surface area contributed by atoms with Gasteiger partial charge in [-0.15, -0.1) is 0 Å². The lowest BCUT2D eigenvalue weighted by atomic mass is 9.95. The summed E-state index contributed by atoms with van der Waals surface area (Å²) in [7, 11) is 0. The fourth-order valence-corrected chi connectivity index (χ4v) is 2.39. The van der Waals surface area contributed by atoms with Crippen LogP contribution in [0.2, 0.25) is 5.02 Å². The third-order valence-electron chi connectivity index (χ3n) is 3.25. The number of benzene rings is 1. The Bertz CT molecular complexity index is 482. The number of carbonyl (C=O) groups excluding carboxylic acids is 2. The highest BCUT2D eigenvalue weighted by molar-refractivity contribution is 6.30. The van der Waals surface area contributed by atoms with E-state index < -0.39 is 11.9 Å². The maximum atomic E-state index is 12.2. The van der Waals surface area contributed by atoms with Crippen LogP contribution in [0.25, 0.3) is 0 Å². The van der Waals surface area contributed by atoms with Gasteiger partial charge in [-0.25, -0.2) is 0 Å². The predicted molar refractivity (Wildman–Crippen MR) is 72.2 cm³/mol. The molecule has 5 nitrogen and oxygen atoms in total. The minimum Gasteiger partial charge on any atom is -0.550 e. The first-order valence-electron chi connectivity index (χ1n) is 6.44. The predicted octanol–water partition coefficient (Wildman–Crippen LogP) is 1.21. The number of hydrogen-bond acceptors (Lipinski definition) is 4. The van der Waals surface area contributed by atoms with Crippen LogP contribution in [0.3, 0.4) is 0 Å². The molecule has 6 heteroatoms. The van der Waals surface area contributed by atoms with Gasteiger partial charge in [0.05, 0.1) is 12.0 Å². The summed E-state index contributed by atoms with van der Waals surface area (Å²) in [5.41, 5.74) is 0.570. The molecule has 1 saturated heterocycles. The van der Waals surface area contributed by atoms with E-state index in [1.165, 1.54) is 0 Å². The number of amides is 1. The lowest BCUT2D eigenvalue weighted by Crippen LogP contribution is -2.38. The number of ether oxygens (including phenoxy) is 1. The van der Waals surface area contributed by atoms with Crippen LogP contribution in [-0.2, 0) is 14.3 Å². The van der Waals surface area contributed by atoms with Crippen molar-refractivity contribution < 1.29 is 19.4 Å². The second-order valence-corrected chi connectivity index (χ2v) is 5.17. The summed E-state index contributed by atoms with van der Waals surface area (Å²) < 4.78 is 5.42. The van der Waals surface area contributed by atoms with Crippen molar-refractivity contribution in [2.75, 3.05) is 11.9 Å². The van der Waals surface area contributed by atoms with E-state index in [0.717, 1.165) is 6.42 Å². The quantitative estimate of drug-likeness (QED) is 0.886. The van der Waals surface area contributed by atoms with Gasteiger partial charge < -0.3 is 20.0 Å². The maximum absolute atomic E-state index is 12.2. The molecule has 0 bridgehead atoms. The van der Waals surface area contributed by atoms with Crippen LogP contribution in [0.15, 0.2) is 24.3 Å². The molecule has 2 rings (SSSR count). The van der Waals surface area contributed by atoms with Crippen LogP contribution in [0.5, 0.6) is 0 Å². The van der Waals surface area contributed by atoms with Crippen molar-refractivity contribution in [1.82, 2.24) is 0 Å². The molecule has 108 valence electrons. The van der Waals surface area contributed by atoms with E-state index in [4.69, 9.17) is 16.3 Å². The third kappa shape index (κ3) is 3.95. The van der Waals surface area contributed by atoms with Crippen molar-refractivity contribution in [2.45, 2.75) is 25.4 Å². The van der Waals surface area contributed by atoms with Crippen LogP contribution in [0, 0.1) is 5.92 Å². The molecule has 20 heavy (non-hydrogen) atoms. The number of carbonyl (C=O) groups is 2. The van der Waals surface area contributed by atoms with Gasteiger partial charge in [-0.2, -0.15) is 0 Å². The number of anilines is 1. The van der Waals surface area contributed by atoms with E-state index in [1.54, 1.807) is 24.3 Å². The van der Waals surface area contributed by atoms with Crippen LogP contribution in [0.1, 0.15) is 19.3 Å². The molecule has 0 unspecified atom stereocenters. The highest BCUT2D eigenvalue weighted by Gasteiger charge is 2.31. The van der Waals surface area contributed by atoms with Crippen molar-refractivity contribution >= 4 is 29.2 Å². The van der Waals surface area contributed by atoms with Crippen molar-refractivity contribution in [1.29, 1.82) is 0 Å². The first-order chi connectivity index (χ1) is 9.56. The van der Waals surface area contributed by atoms with Crippen molar-refractivity contribution in [2.24, 2.45) is 5.92 Å². The molecule has 1 fully saturated rings. The highest BCUT2D eigenvalue weighted by atomic mass is 35.5. The van der Waals surface area contributed by atoms with E-state index >= 15 is 0 Å². The molecular formula is C14H15ClNO4-. The number of hydrogen-bond donors (Lipinski definition) is 1. The molecule has 1 heterocycles. The maximum Gasteiger partial charge on any atom is 0.230 e. The summed E-state index contributed by atoms with van der Waals surface area (Å²) in [5.74, 6) is -2.36. The number of rotatable bonds is 5. The Morgan fingerprint density at radius 1 is 1.40 bits per heavy atom. The van der Waals surface area contributed by atoms with Gasteiger partial charge in [0.25, 0.3) is 0 Å². The van der Waals surface area contributed by atoms with Gasteiger partial charge in [0, 0.05) is 29.7 Å². The number of carboxylic acids is 1. The molecule has 1 amide bonds. The van der Waals surface area contributed by atoms with Gasteiger partial charge in [-0.05, 0) is 37.1 Å². The molecule has 2 atom stereocenters. The minimum atomic E-state index is -1.25. The van der Waals surface area contributed by atoms with Gasteiger partial charge in [0.2, 0.25) is 5.91 Å². The molecule has 1 aromatic rings. The lowest BCUT2D eigenvalue weighted by Gasteiger charge is -2.22. The van der Waals surface area contributed by atoms with E-state index in [0.29, 0.717) is 23.7 Å². The molecule has 0 radical (unpaired) electrons. The van der Waals surface area contributed by atoms with Gasteiger partial charge in [0.1, 0.15) is 0 Å². The van der Waals surface area contributed by atoms with Crippen LogP contribution in [0.4, 0.5) is 5.69 Å². The normalized spacial score (nSPS) is 19.6. The summed E-state index contributed by atoms with van der Waals surface area (Å²) >= 11 is 5.76. The van der Waals surface area contributed by atoms with E-state index in [9.17, 15) is 14.7 Å². The van der Waals surface area contributed by atoms with Crippen molar-refractivity contribution in [3.05, 3.63) is 29.3 Å². The minimum absolute atomic E-state index is 0.343. The zero-order chi connectivity index (χ0) is 14.5. The summed E-state index contributed by atoms with van der Waals surface area (Å²) in [5, 5.41) is 14.0. The van der Waals surface area contributed by atoms with Crippen LogP contribution in [-0.4, -0.2) is 24.6 Å². The Labute approximate surface area is 121 Å². The summed E-state index contributed by atoms with van der Waals surface area (Å²) in [6.07, 6.45) is 0.818. The van der Waals surface area contributed by atoms with Crippen LogP contribution < -0.4 is 10.4 Å². The Balaban J connectivity index is 2.05. The van der Waals surface area contributed by atoms with Gasteiger partial charge in [-0.3, -0.25) is 4.79 Å². The van der Waals surface area contributed by atoms with Gasteiger partial charge in [-0.1, -0.05) is 11.6 Å². The molecule has 1 aliphatic rings. The molecule has 0 aromatic heterocycles. The number of carboxylic acid groups (broad SMARTS) is 1. The molecule has 1 aliphatic heterocycles. The molecule has 1 N–H and O–H groups in total. The number of aliphatic carboxylic acids is 1. The summed E-state index contributed by atoms with van der Waals surface area (Å²) in [4.78, 5) is 23.0. The monoisotopic (exact) mass is 296 g/mol. The average molecular weight is 297 g/mol. The summed E-state index contributed by atoms with van der Waals surface area (Å²) in [6.45, 7) is 0.558. The zero-order valence-electron chi connectivity index (χ0n) is 10.8. The topological polar surface area (TPSA) is 78.5 Å². The lowest BCUT2D eigenvalue weighted by molar-refractivity contribution is -0.307. The van der Waals surface area contributed by atoms with Crippen molar-refractivity contribution in [3.8, 4) is 0 Å². The molecule has 0 spiro atoms. The second-order valence-electron chi connectivity index (χ2n) is 4.73. The fourth-order valence-electron chi connectivity index (χ4n) is 2.26. The van der Waals surface area contributed by atoms with E-state index in [-0.39, 0.29) is 18.4 Å². The highest BCUT2D eigenvalue weighted by Crippen LogP contribution is 2.24. The third-order valence-corrected chi connectivity index (χ3v) is 3.50. The Kier molecular flexibility index (Phi) is 4.98. The average Bonchev–Trinajstić information content (AvgIpc) is 2.92. The van der Waals surface area contributed by atoms with Gasteiger partial charge >= 0.3 is 0 Å². The molecule has 0 saturated carbocycles. The van der Waals surface area contributed by atoms with Crippen LogP contribution >= 0.6 is 11.6 Å². The van der Waals surface area contributed by atoms with E-state index in [2.05, 4.69) is 5.32 Å². The standard InChI is InChI=1S/C14H16ClNO4/c15-9-3-5-10(6-4-9)16-14(19)11(8-13(17)18)12-2-1-7-20-12/h3-6,11-12H,1-2,7-8H2,(H,16,19)(H,17,18)/p-1/t11-,12-/m1/s1. The first kappa shape index (κ1) is 14.8.